The van der Waals surface area contributed by atoms with Crippen LogP contribution in [-0.4, -0.2) is 48.8 Å². The third-order valence-electron chi connectivity index (χ3n) is 6.99. The second kappa shape index (κ2) is 9.91. The van der Waals surface area contributed by atoms with E-state index in [2.05, 4.69) is 37.4 Å². The van der Waals surface area contributed by atoms with Crippen LogP contribution in [-0.2, 0) is 10.0 Å². The van der Waals surface area contributed by atoms with Crippen LogP contribution in [0.4, 0.5) is 38.1 Å². The Kier molecular flexibility index (Phi) is 6.98. The Hall–Kier alpha value is -3.38. The first-order valence-corrected chi connectivity index (χ1v) is 13.9. The van der Waals surface area contributed by atoms with Gasteiger partial charge in [-0.25, -0.2) is 23.5 Å². The van der Waals surface area contributed by atoms with Crippen LogP contribution in [0.15, 0.2) is 34.8 Å². The van der Waals surface area contributed by atoms with Gasteiger partial charge >= 0.3 is 12.4 Å². The number of alkyl halides is 6. The van der Waals surface area contributed by atoms with Gasteiger partial charge in [-0.15, -0.1) is 0 Å². The van der Waals surface area contributed by atoms with Gasteiger partial charge < -0.3 is 10.6 Å². The quantitative estimate of drug-likeness (QED) is 0.319. The first kappa shape index (κ1) is 28.2. The number of primary sulfonamides is 1. The number of pyridine rings is 1. The Balaban J connectivity index is 1.44. The topological polar surface area (TPSA) is 123 Å². The maximum atomic E-state index is 13.5. The fourth-order valence-electron chi connectivity index (χ4n) is 4.20. The molecule has 2 fully saturated rings. The summed E-state index contributed by atoms with van der Waals surface area (Å²) in [6.45, 7) is -0.748. The Labute approximate surface area is 225 Å². The Morgan fingerprint density at radius 1 is 1.05 bits per heavy atom. The van der Waals surface area contributed by atoms with Crippen LogP contribution < -0.4 is 15.8 Å². The van der Waals surface area contributed by atoms with Crippen molar-refractivity contribution in [3.8, 4) is 11.8 Å². The summed E-state index contributed by atoms with van der Waals surface area (Å²) in [5, 5.41) is 10.6. The standard InChI is InChI=1S/C25H24F6N6O2S/c26-24(27,28)16-9-15(10-18(11-16)40(32,38)39)12-33-22-36-19-6-5-17(4-3-14-1-2-14)35-20(19)21(37-22)34-13-23(7-8-23)25(29,30)31/h5-6,9-10,14,16H,1-2,7-8,11-13H2,(H2,32,38,39)(H2,33,34,36,37). The molecule has 1 unspecified atom stereocenters. The van der Waals surface area contributed by atoms with Gasteiger partial charge in [0, 0.05) is 19.0 Å². The fourth-order valence-corrected chi connectivity index (χ4v) is 4.93. The van der Waals surface area contributed by atoms with Gasteiger partial charge in [-0.3, -0.25) is 0 Å². The molecule has 0 saturated heterocycles. The molecule has 3 aliphatic rings. The van der Waals surface area contributed by atoms with Gasteiger partial charge in [-0.05, 0) is 61.8 Å². The number of anilines is 2. The molecule has 2 saturated carbocycles. The molecule has 2 heterocycles. The Bertz CT molecular complexity index is 1560. The molecule has 0 aromatic carbocycles. The normalized spacial score (nSPS) is 20.7. The molecule has 0 bridgehead atoms. The number of nitrogens with zero attached hydrogens (tertiary/aromatic N) is 3. The van der Waals surface area contributed by atoms with Crippen LogP contribution in [0.1, 0.15) is 37.8 Å². The van der Waals surface area contributed by atoms with Crippen LogP contribution >= 0.6 is 0 Å². The highest BCUT2D eigenvalue weighted by molar-refractivity contribution is 7.93. The molecule has 3 aliphatic carbocycles. The van der Waals surface area contributed by atoms with Crippen molar-refractivity contribution < 1.29 is 34.8 Å². The summed E-state index contributed by atoms with van der Waals surface area (Å²) < 4.78 is 104. The second-order valence-electron chi connectivity index (χ2n) is 10.2. The lowest BCUT2D eigenvalue weighted by molar-refractivity contribution is -0.182. The molecule has 4 N–H and O–H groups in total. The van der Waals surface area contributed by atoms with Crippen molar-refractivity contribution in [1.29, 1.82) is 0 Å². The number of hydrogen-bond donors (Lipinski definition) is 3. The van der Waals surface area contributed by atoms with E-state index in [1.165, 1.54) is 0 Å². The third kappa shape index (κ3) is 6.33. The summed E-state index contributed by atoms with van der Waals surface area (Å²) in [7, 11) is -4.37. The number of nitrogens with two attached hydrogens (primary N) is 1. The van der Waals surface area contributed by atoms with Gasteiger partial charge in [0.05, 0.1) is 21.8 Å². The molecular formula is C25H24F6N6O2S. The van der Waals surface area contributed by atoms with E-state index in [9.17, 15) is 34.8 Å². The van der Waals surface area contributed by atoms with Gasteiger partial charge in [-0.1, -0.05) is 12.0 Å². The van der Waals surface area contributed by atoms with Crippen molar-refractivity contribution in [3.63, 3.8) is 0 Å². The number of sulfonamides is 1. The maximum absolute atomic E-state index is 13.5. The zero-order chi connectivity index (χ0) is 28.9. The number of halogens is 6. The lowest BCUT2D eigenvalue weighted by Crippen LogP contribution is -2.31. The third-order valence-corrected chi connectivity index (χ3v) is 8.01. The average molecular weight is 587 g/mol. The molecule has 15 heteroatoms. The zero-order valence-corrected chi connectivity index (χ0v) is 21.6. The first-order valence-electron chi connectivity index (χ1n) is 12.4. The Morgan fingerprint density at radius 2 is 1.77 bits per heavy atom. The summed E-state index contributed by atoms with van der Waals surface area (Å²) in [5.74, 6) is 4.14. The van der Waals surface area contributed by atoms with Crippen molar-refractivity contribution in [2.75, 3.05) is 23.7 Å². The number of hydrogen-bond acceptors (Lipinski definition) is 7. The van der Waals surface area contributed by atoms with E-state index in [1.807, 2.05) is 0 Å². The molecule has 0 aliphatic heterocycles. The SMILES string of the molecule is NS(=O)(=O)C1=CC(CNc2nc(NCC3(C(F)(F)F)CC3)c3nc(C#CC4CC4)ccc3n2)=CC(C(F)(F)F)C1. The minimum atomic E-state index is -4.70. The summed E-state index contributed by atoms with van der Waals surface area (Å²) in [6.07, 6.45) is -6.05. The van der Waals surface area contributed by atoms with E-state index in [-0.39, 0.29) is 47.8 Å². The monoisotopic (exact) mass is 586 g/mol. The fraction of sp³-hybridized carbons (Fsp3) is 0.480. The molecule has 2 aromatic heterocycles. The van der Waals surface area contributed by atoms with Crippen molar-refractivity contribution in [2.45, 2.75) is 44.5 Å². The van der Waals surface area contributed by atoms with Crippen LogP contribution in [0.25, 0.3) is 11.0 Å². The summed E-state index contributed by atoms with van der Waals surface area (Å²) in [5.41, 5.74) is -1.05. The summed E-state index contributed by atoms with van der Waals surface area (Å²) in [4.78, 5) is 12.4. The summed E-state index contributed by atoms with van der Waals surface area (Å²) in [6, 6.07) is 3.18. The van der Waals surface area contributed by atoms with Gasteiger partial charge in [-0.2, -0.15) is 31.3 Å². The van der Waals surface area contributed by atoms with Gasteiger partial charge in [0.15, 0.2) is 5.82 Å². The number of fused-ring (bicyclic) bond motifs is 1. The van der Waals surface area contributed by atoms with E-state index in [4.69, 9.17) is 5.14 Å². The largest absolute Gasteiger partial charge is 0.396 e. The molecule has 8 nitrogen and oxygen atoms in total. The van der Waals surface area contributed by atoms with E-state index < -0.39 is 51.6 Å². The van der Waals surface area contributed by atoms with Crippen LogP contribution in [0.5, 0.6) is 0 Å². The molecule has 1 atom stereocenters. The molecule has 0 spiro atoms. The smallest absolute Gasteiger partial charge is 0.367 e. The molecule has 2 aromatic rings. The van der Waals surface area contributed by atoms with E-state index in [1.54, 1.807) is 12.1 Å². The minimum absolute atomic E-state index is 0.00431. The lowest BCUT2D eigenvalue weighted by Gasteiger charge is -2.23. The van der Waals surface area contributed by atoms with Crippen LogP contribution in [0.3, 0.4) is 0 Å². The van der Waals surface area contributed by atoms with Gasteiger partial charge in [0.2, 0.25) is 16.0 Å². The number of rotatable bonds is 7. The van der Waals surface area contributed by atoms with Crippen molar-refractivity contribution in [2.24, 2.45) is 22.4 Å². The Morgan fingerprint density at radius 3 is 2.38 bits per heavy atom. The highest BCUT2D eigenvalue weighted by Gasteiger charge is 2.63. The number of allylic oxidation sites excluding steroid dienone is 2. The highest BCUT2D eigenvalue weighted by Crippen LogP contribution is 2.57. The molecular weight excluding hydrogens is 562 g/mol. The molecule has 5 rings (SSSR count). The molecule has 0 amide bonds. The lowest BCUT2D eigenvalue weighted by atomic mass is 9.95. The first-order chi connectivity index (χ1) is 18.6. The number of aromatic nitrogens is 3. The van der Waals surface area contributed by atoms with Crippen LogP contribution in [0, 0.1) is 29.1 Å². The van der Waals surface area contributed by atoms with Crippen molar-refractivity contribution >= 4 is 32.8 Å². The minimum Gasteiger partial charge on any atom is -0.367 e. The molecule has 214 valence electrons. The predicted octanol–water partition coefficient (Wildman–Crippen LogP) is 4.63. The van der Waals surface area contributed by atoms with Crippen molar-refractivity contribution in [1.82, 2.24) is 15.0 Å². The van der Waals surface area contributed by atoms with Crippen LogP contribution in [0.2, 0.25) is 0 Å². The second-order valence-corrected chi connectivity index (χ2v) is 11.9. The van der Waals surface area contributed by atoms with Crippen molar-refractivity contribution in [3.05, 3.63) is 40.5 Å². The maximum Gasteiger partial charge on any atom is 0.396 e. The van der Waals surface area contributed by atoms with E-state index in [0.29, 0.717) is 11.6 Å². The average Bonchev–Trinajstić information content (AvgIpc) is 3.78. The van der Waals surface area contributed by atoms with E-state index in [0.717, 1.165) is 25.0 Å². The van der Waals surface area contributed by atoms with Gasteiger partial charge in [0.1, 0.15) is 11.2 Å². The molecule has 0 radical (unpaired) electrons. The van der Waals surface area contributed by atoms with Gasteiger partial charge in [0.25, 0.3) is 0 Å². The highest BCUT2D eigenvalue weighted by atomic mass is 32.2. The summed E-state index contributed by atoms with van der Waals surface area (Å²) >= 11 is 0. The molecule has 40 heavy (non-hydrogen) atoms. The number of nitrogens with one attached hydrogen (secondary N) is 2. The zero-order valence-electron chi connectivity index (χ0n) is 20.8. The van der Waals surface area contributed by atoms with E-state index >= 15 is 0 Å². The predicted molar refractivity (Wildman–Crippen MR) is 135 cm³/mol.